The van der Waals surface area contributed by atoms with Crippen molar-refractivity contribution in [1.82, 2.24) is 4.90 Å². The van der Waals surface area contributed by atoms with Crippen LogP contribution in [0, 0.1) is 0 Å². The third-order valence-corrected chi connectivity index (χ3v) is 5.15. The summed E-state index contributed by atoms with van der Waals surface area (Å²) >= 11 is 1.48. The Morgan fingerprint density at radius 3 is 2.57 bits per heavy atom. The average Bonchev–Trinajstić information content (AvgIpc) is 2.96. The Hall–Kier alpha value is -2.33. The van der Waals surface area contributed by atoms with Gasteiger partial charge in [-0.3, -0.25) is 4.79 Å². The van der Waals surface area contributed by atoms with Crippen molar-refractivity contribution < 1.29 is 4.79 Å². The van der Waals surface area contributed by atoms with Gasteiger partial charge in [-0.1, -0.05) is 54.6 Å². The molecule has 2 heterocycles. The maximum absolute atomic E-state index is 12.2. The third-order valence-electron chi connectivity index (χ3n) is 4.11. The quantitative estimate of drug-likeness (QED) is 0.751. The molecule has 2 aromatic rings. The molecule has 0 aromatic heterocycles. The molecule has 4 heteroatoms. The van der Waals surface area contributed by atoms with Crippen molar-refractivity contribution in [3.8, 4) is 0 Å². The second kappa shape index (κ2) is 6.05. The third kappa shape index (κ3) is 2.94. The fourth-order valence-electron chi connectivity index (χ4n) is 2.89. The van der Waals surface area contributed by atoms with E-state index < -0.39 is 0 Å². The van der Waals surface area contributed by atoms with Crippen LogP contribution in [0.4, 0.5) is 0 Å². The Morgan fingerprint density at radius 1 is 1.00 bits per heavy atom. The first kappa shape index (κ1) is 14.3. The number of amides is 1. The molecule has 1 amide bonds. The number of aliphatic imine (C=N–C) groups is 1. The average molecular weight is 320 g/mol. The molecule has 0 saturated carbocycles. The lowest BCUT2D eigenvalue weighted by atomic mass is 10.0. The van der Waals surface area contributed by atoms with Crippen LogP contribution in [-0.4, -0.2) is 22.5 Å². The molecule has 0 bridgehead atoms. The second-order valence-electron chi connectivity index (χ2n) is 5.66. The van der Waals surface area contributed by atoms with Gasteiger partial charge < -0.3 is 4.90 Å². The monoisotopic (exact) mass is 320 g/mol. The number of hydrogen-bond donors (Lipinski definition) is 0. The van der Waals surface area contributed by atoms with Crippen molar-refractivity contribution in [2.45, 2.75) is 13.0 Å². The summed E-state index contributed by atoms with van der Waals surface area (Å²) < 4.78 is 0. The highest BCUT2D eigenvalue weighted by Crippen LogP contribution is 2.32. The van der Waals surface area contributed by atoms with Gasteiger partial charge in [0.05, 0.1) is 4.91 Å². The van der Waals surface area contributed by atoms with E-state index in [0.717, 1.165) is 30.2 Å². The minimum atomic E-state index is -0.132. The highest BCUT2D eigenvalue weighted by atomic mass is 32.2. The van der Waals surface area contributed by atoms with E-state index in [4.69, 9.17) is 0 Å². The number of nitrogens with zero attached hydrogens (tertiary/aromatic N) is 2. The van der Waals surface area contributed by atoms with E-state index in [1.165, 1.54) is 22.9 Å². The smallest absolute Gasteiger partial charge is 0.286 e. The zero-order valence-electron chi connectivity index (χ0n) is 12.6. The van der Waals surface area contributed by atoms with Crippen molar-refractivity contribution in [1.29, 1.82) is 0 Å². The van der Waals surface area contributed by atoms with Gasteiger partial charge in [-0.05, 0) is 40.9 Å². The van der Waals surface area contributed by atoms with Crippen molar-refractivity contribution in [2.24, 2.45) is 4.99 Å². The molecule has 0 aliphatic carbocycles. The van der Waals surface area contributed by atoms with E-state index in [2.05, 4.69) is 34.2 Å². The zero-order valence-corrected chi connectivity index (χ0v) is 13.4. The highest BCUT2D eigenvalue weighted by Gasteiger charge is 2.28. The lowest BCUT2D eigenvalue weighted by molar-refractivity contribution is -0.113. The van der Waals surface area contributed by atoms with Crippen LogP contribution in [0.5, 0.6) is 0 Å². The first-order chi connectivity index (χ1) is 11.3. The molecule has 0 saturated heterocycles. The van der Waals surface area contributed by atoms with Gasteiger partial charge in [0.2, 0.25) is 0 Å². The first-order valence-corrected chi connectivity index (χ1v) is 8.50. The van der Waals surface area contributed by atoms with E-state index in [1.54, 1.807) is 0 Å². The van der Waals surface area contributed by atoms with Crippen LogP contribution in [0.2, 0.25) is 0 Å². The molecule has 2 aromatic carbocycles. The summed E-state index contributed by atoms with van der Waals surface area (Å²) in [6.45, 7) is 1.74. The number of benzene rings is 2. The minimum Gasteiger partial charge on any atom is -0.346 e. The van der Waals surface area contributed by atoms with Gasteiger partial charge in [0.15, 0.2) is 5.17 Å². The summed E-state index contributed by atoms with van der Waals surface area (Å²) in [5.41, 5.74) is 3.76. The predicted molar refractivity (Wildman–Crippen MR) is 95.0 cm³/mol. The summed E-state index contributed by atoms with van der Waals surface area (Å²) in [6.07, 6.45) is 2.92. The molecule has 114 valence electrons. The largest absolute Gasteiger partial charge is 0.346 e. The van der Waals surface area contributed by atoms with Crippen LogP contribution in [0.3, 0.4) is 0 Å². The lowest BCUT2D eigenvalue weighted by Crippen LogP contribution is -2.33. The second-order valence-corrected chi connectivity index (χ2v) is 6.67. The Kier molecular flexibility index (Phi) is 3.75. The van der Waals surface area contributed by atoms with E-state index >= 15 is 0 Å². The van der Waals surface area contributed by atoms with Gasteiger partial charge in [-0.25, -0.2) is 0 Å². The van der Waals surface area contributed by atoms with Gasteiger partial charge in [0.1, 0.15) is 0 Å². The van der Waals surface area contributed by atoms with Gasteiger partial charge in [0, 0.05) is 13.1 Å². The van der Waals surface area contributed by atoms with Crippen molar-refractivity contribution in [2.75, 3.05) is 6.54 Å². The molecule has 2 aliphatic heterocycles. The van der Waals surface area contributed by atoms with E-state index in [-0.39, 0.29) is 5.91 Å². The van der Waals surface area contributed by atoms with E-state index in [9.17, 15) is 4.79 Å². The molecular formula is C19H16N2OS. The maximum Gasteiger partial charge on any atom is 0.286 e. The van der Waals surface area contributed by atoms with Crippen LogP contribution in [0.15, 0.2) is 64.5 Å². The van der Waals surface area contributed by atoms with Crippen LogP contribution in [0.25, 0.3) is 6.08 Å². The summed E-state index contributed by atoms with van der Waals surface area (Å²) in [4.78, 5) is 19.3. The Balaban J connectivity index is 1.53. The summed E-state index contributed by atoms with van der Waals surface area (Å²) in [5.74, 6) is -0.132. The predicted octanol–water partition coefficient (Wildman–Crippen LogP) is 3.72. The highest BCUT2D eigenvalue weighted by molar-refractivity contribution is 8.18. The van der Waals surface area contributed by atoms with Crippen molar-refractivity contribution in [3.05, 3.63) is 76.2 Å². The molecular weight excluding hydrogens is 304 g/mol. The van der Waals surface area contributed by atoms with E-state index in [1.807, 2.05) is 36.4 Å². The van der Waals surface area contributed by atoms with Crippen LogP contribution < -0.4 is 0 Å². The van der Waals surface area contributed by atoms with Gasteiger partial charge >= 0.3 is 0 Å². The van der Waals surface area contributed by atoms with Crippen LogP contribution in [-0.2, 0) is 17.8 Å². The van der Waals surface area contributed by atoms with Gasteiger partial charge in [-0.2, -0.15) is 4.99 Å². The summed E-state index contributed by atoms with van der Waals surface area (Å²) in [6, 6.07) is 18.4. The van der Waals surface area contributed by atoms with Crippen molar-refractivity contribution >= 4 is 28.9 Å². The molecule has 0 unspecified atom stereocenters. The topological polar surface area (TPSA) is 32.7 Å². The zero-order chi connectivity index (χ0) is 15.6. The fraction of sp³-hybridized carbons (Fsp3) is 0.158. The lowest BCUT2D eigenvalue weighted by Gasteiger charge is -2.29. The molecule has 2 aliphatic rings. The Morgan fingerprint density at radius 2 is 1.74 bits per heavy atom. The minimum absolute atomic E-state index is 0.132. The van der Waals surface area contributed by atoms with Gasteiger partial charge in [-0.15, -0.1) is 0 Å². The molecule has 0 radical (unpaired) electrons. The number of carbonyl (C=O) groups excluding carboxylic acids is 1. The number of carbonyl (C=O) groups is 1. The standard InChI is InChI=1S/C19H16N2OS/c22-18-17(12-14-6-2-1-3-7-14)23-19(20-18)21-11-10-15-8-4-5-9-16(15)13-21/h1-9,12H,10-11,13H2. The van der Waals surface area contributed by atoms with Gasteiger partial charge in [0.25, 0.3) is 5.91 Å². The summed E-state index contributed by atoms with van der Waals surface area (Å²) in [5, 5.41) is 0.826. The normalized spacial score (nSPS) is 19.0. The Labute approximate surface area is 139 Å². The van der Waals surface area contributed by atoms with Crippen LogP contribution in [0.1, 0.15) is 16.7 Å². The summed E-state index contributed by atoms with van der Waals surface area (Å²) in [7, 11) is 0. The first-order valence-electron chi connectivity index (χ1n) is 7.69. The van der Waals surface area contributed by atoms with Crippen LogP contribution >= 0.6 is 11.8 Å². The molecule has 0 spiro atoms. The molecule has 0 atom stereocenters. The fourth-order valence-corrected chi connectivity index (χ4v) is 3.83. The number of hydrogen-bond acceptors (Lipinski definition) is 3. The number of rotatable bonds is 1. The number of amidine groups is 1. The van der Waals surface area contributed by atoms with E-state index in [0.29, 0.717) is 4.91 Å². The molecule has 3 nitrogen and oxygen atoms in total. The molecule has 0 fully saturated rings. The maximum atomic E-state index is 12.2. The number of thioether (sulfide) groups is 1. The van der Waals surface area contributed by atoms with Crippen molar-refractivity contribution in [3.63, 3.8) is 0 Å². The molecule has 4 rings (SSSR count). The SMILES string of the molecule is O=C1N=C(N2CCc3ccccc3C2)SC1=Cc1ccccc1. The molecule has 23 heavy (non-hydrogen) atoms. The molecule has 0 N–H and O–H groups in total. The number of fused-ring (bicyclic) bond motifs is 1. The Bertz CT molecular complexity index is 811.